The summed E-state index contributed by atoms with van der Waals surface area (Å²) in [4.78, 5) is 11.9. The molecule has 310 valence electrons. The standard InChI is InChI=1S/C41H62O14/c1-19-28(42)8-9-30(50-19)54-35-31(44)20(2)52-38(33(35)46)55-36-32(45)21(3)51-37(34(36)47)53-24-10-13-39(4)23(17-24)6-7-27-26(39)11-14-40(5)25(12-15-41(27,40)48)22-16-29(43)49-18-22/h8-9,16,19-21,23-28,30-38,42,44-48H,6-7,10-15,17-18H2,1-5H3. The van der Waals surface area contributed by atoms with Gasteiger partial charge in [0.1, 0.15) is 43.2 Å². The van der Waals surface area contributed by atoms with Gasteiger partial charge in [-0.15, -0.1) is 0 Å². The molecule has 0 aromatic carbocycles. The highest BCUT2D eigenvalue weighted by Gasteiger charge is 2.68. The second kappa shape index (κ2) is 14.9. The molecule has 4 aliphatic carbocycles. The average molecular weight is 779 g/mol. The molecule has 0 aromatic rings. The normalized spacial score (nSPS) is 55.3. The fourth-order valence-electron chi connectivity index (χ4n) is 12.3. The second-order valence-corrected chi connectivity index (χ2v) is 18.5. The average Bonchev–Trinajstić information content (AvgIpc) is 3.70. The van der Waals surface area contributed by atoms with Gasteiger partial charge in [0, 0.05) is 11.5 Å². The third kappa shape index (κ3) is 6.77. The van der Waals surface area contributed by atoms with Crippen molar-refractivity contribution in [3.8, 4) is 0 Å². The zero-order valence-electron chi connectivity index (χ0n) is 32.6. The number of aliphatic hydroxyl groups is 6. The van der Waals surface area contributed by atoms with Crippen molar-refractivity contribution in [2.24, 2.45) is 34.5 Å². The van der Waals surface area contributed by atoms with E-state index in [9.17, 15) is 35.4 Å². The molecule has 14 nitrogen and oxygen atoms in total. The van der Waals surface area contributed by atoms with Crippen molar-refractivity contribution >= 4 is 5.97 Å². The predicted octanol–water partition coefficient (Wildman–Crippen LogP) is 1.99. The first-order chi connectivity index (χ1) is 26.0. The van der Waals surface area contributed by atoms with E-state index in [-0.39, 0.29) is 34.7 Å². The number of cyclic esters (lactones) is 1. The number of rotatable bonds is 7. The molecule has 21 unspecified atom stereocenters. The summed E-state index contributed by atoms with van der Waals surface area (Å²) in [6.07, 6.45) is -1.94. The highest BCUT2D eigenvalue weighted by Crippen LogP contribution is 2.70. The van der Waals surface area contributed by atoms with E-state index in [4.69, 9.17) is 33.2 Å². The molecule has 0 aromatic heterocycles. The van der Waals surface area contributed by atoms with E-state index < -0.39 is 85.5 Å². The van der Waals surface area contributed by atoms with Gasteiger partial charge in [0.15, 0.2) is 18.9 Å². The van der Waals surface area contributed by atoms with Crippen molar-refractivity contribution in [3.05, 3.63) is 23.8 Å². The Kier molecular flexibility index (Phi) is 10.9. The van der Waals surface area contributed by atoms with E-state index in [2.05, 4.69) is 13.8 Å². The van der Waals surface area contributed by atoms with Crippen LogP contribution < -0.4 is 0 Å². The summed E-state index contributed by atoms with van der Waals surface area (Å²) in [5, 5.41) is 67.5. The van der Waals surface area contributed by atoms with Gasteiger partial charge in [-0.3, -0.25) is 0 Å². The first-order valence-electron chi connectivity index (χ1n) is 20.6. The van der Waals surface area contributed by atoms with E-state index in [1.807, 2.05) is 0 Å². The summed E-state index contributed by atoms with van der Waals surface area (Å²) < 4.78 is 41.4. The van der Waals surface area contributed by atoms with Crippen molar-refractivity contribution in [2.75, 3.05) is 6.61 Å². The fourth-order valence-corrected chi connectivity index (χ4v) is 12.3. The van der Waals surface area contributed by atoms with Crippen molar-refractivity contribution in [2.45, 2.75) is 184 Å². The molecule has 14 heteroatoms. The third-order valence-electron chi connectivity index (χ3n) is 15.7. The minimum atomic E-state index is -1.52. The lowest BCUT2D eigenvalue weighted by Gasteiger charge is -2.64. The number of fused-ring (bicyclic) bond motifs is 5. The molecule has 0 bridgehead atoms. The van der Waals surface area contributed by atoms with Crippen LogP contribution in [-0.4, -0.2) is 135 Å². The molecule has 4 aliphatic heterocycles. The summed E-state index contributed by atoms with van der Waals surface area (Å²) in [6.45, 7) is 9.93. The molecule has 4 heterocycles. The van der Waals surface area contributed by atoms with Crippen LogP contribution in [0, 0.1) is 34.5 Å². The molecular weight excluding hydrogens is 716 g/mol. The Balaban J connectivity index is 0.909. The molecule has 0 spiro atoms. The Labute approximate surface area is 323 Å². The van der Waals surface area contributed by atoms with E-state index >= 15 is 0 Å². The predicted molar refractivity (Wildman–Crippen MR) is 193 cm³/mol. The van der Waals surface area contributed by atoms with Gasteiger partial charge < -0.3 is 63.8 Å². The molecule has 55 heavy (non-hydrogen) atoms. The van der Waals surface area contributed by atoms with Crippen LogP contribution in [0.15, 0.2) is 23.8 Å². The first kappa shape index (κ1) is 40.3. The van der Waals surface area contributed by atoms with Gasteiger partial charge in [-0.05, 0) is 119 Å². The second-order valence-electron chi connectivity index (χ2n) is 18.5. The van der Waals surface area contributed by atoms with Gasteiger partial charge in [-0.25, -0.2) is 4.79 Å². The summed E-state index contributed by atoms with van der Waals surface area (Å²) in [5.74, 6) is 0.798. The van der Waals surface area contributed by atoms with Crippen LogP contribution in [0.3, 0.4) is 0 Å². The minimum absolute atomic E-state index is 0.0232. The van der Waals surface area contributed by atoms with Gasteiger partial charge in [-0.2, -0.15) is 0 Å². The molecule has 21 atom stereocenters. The number of esters is 1. The number of aliphatic hydroxyl groups excluding tert-OH is 5. The lowest BCUT2D eigenvalue weighted by atomic mass is 9.43. The molecule has 8 aliphatic rings. The van der Waals surface area contributed by atoms with Gasteiger partial charge in [0.25, 0.3) is 0 Å². The Morgan fingerprint density at radius 2 is 1.38 bits per heavy atom. The van der Waals surface area contributed by atoms with Crippen molar-refractivity contribution in [1.82, 2.24) is 0 Å². The topological polar surface area (TPSA) is 203 Å². The Bertz CT molecular complexity index is 1490. The number of hydrogen-bond donors (Lipinski definition) is 6. The smallest absolute Gasteiger partial charge is 0.331 e. The Morgan fingerprint density at radius 3 is 2.04 bits per heavy atom. The minimum Gasteiger partial charge on any atom is -0.458 e. The molecule has 6 fully saturated rings. The SMILES string of the molecule is CC1OC(OC2C(O)C(C)OC(OC3C(O)C(C)OC(OC4CCC5(C)C(CCC6C5CCC5(C)C(C7=CC(=O)OC7)CCC65O)C4)C3O)C2O)C=CC1O. The van der Waals surface area contributed by atoms with Crippen molar-refractivity contribution < 1.29 is 68.6 Å². The maximum Gasteiger partial charge on any atom is 0.331 e. The van der Waals surface area contributed by atoms with Crippen LogP contribution in [-0.2, 0) is 38.0 Å². The van der Waals surface area contributed by atoms with Crippen LogP contribution in [0.2, 0.25) is 0 Å². The van der Waals surface area contributed by atoms with Gasteiger partial charge in [0.05, 0.1) is 36.1 Å². The van der Waals surface area contributed by atoms with Crippen LogP contribution in [0.25, 0.3) is 0 Å². The molecule has 6 N–H and O–H groups in total. The highest BCUT2D eigenvalue weighted by molar-refractivity contribution is 5.85. The lowest BCUT2D eigenvalue weighted by Crippen LogP contribution is -2.64. The summed E-state index contributed by atoms with van der Waals surface area (Å²) in [5.41, 5.74) is -0.0221. The van der Waals surface area contributed by atoms with E-state index in [1.54, 1.807) is 26.8 Å². The molecule has 4 saturated carbocycles. The van der Waals surface area contributed by atoms with Crippen LogP contribution in [0.1, 0.15) is 92.4 Å². The number of carbonyl (C=O) groups is 1. The third-order valence-corrected chi connectivity index (χ3v) is 15.7. The number of carbonyl (C=O) groups excluding carboxylic acids is 1. The van der Waals surface area contributed by atoms with Gasteiger partial charge in [0.2, 0.25) is 0 Å². The van der Waals surface area contributed by atoms with Crippen molar-refractivity contribution in [3.63, 3.8) is 0 Å². The zero-order chi connectivity index (χ0) is 39.2. The number of ether oxygens (including phenoxy) is 7. The van der Waals surface area contributed by atoms with E-state index in [1.165, 1.54) is 12.2 Å². The summed E-state index contributed by atoms with van der Waals surface area (Å²) >= 11 is 0. The summed E-state index contributed by atoms with van der Waals surface area (Å²) in [6, 6.07) is 0. The maximum atomic E-state index is 12.6. The molecule has 0 amide bonds. The van der Waals surface area contributed by atoms with Crippen molar-refractivity contribution in [1.29, 1.82) is 0 Å². The lowest BCUT2D eigenvalue weighted by molar-refractivity contribution is -0.367. The molecule has 0 radical (unpaired) electrons. The fraction of sp³-hybridized carbons (Fsp3) is 0.878. The van der Waals surface area contributed by atoms with E-state index in [0.29, 0.717) is 18.4 Å². The quantitative estimate of drug-likeness (QED) is 0.124. The molecule has 8 rings (SSSR count). The monoisotopic (exact) mass is 778 g/mol. The summed E-state index contributed by atoms with van der Waals surface area (Å²) in [7, 11) is 0. The largest absolute Gasteiger partial charge is 0.458 e. The molecular formula is C41H62O14. The number of hydrogen-bond acceptors (Lipinski definition) is 14. The maximum absolute atomic E-state index is 12.6. The van der Waals surface area contributed by atoms with Crippen LogP contribution in [0.4, 0.5) is 0 Å². The van der Waals surface area contributed by atoms with Gasteiger partial charge in [-0.1, -0.05) is 19.9 Å². The van der Waals surface area contributed by atoms with Gasteiger partial charge >= 0.3 is 5.97 Å². The highest BCUT2D eigenvalue weighted by atomic mass is 16.7. The van der Waals surface area contributed by atoms with Crippen LogP contribution in [0.5, 0.6) is 0 Å². The van der Waals surface area contributed by atoms with Crippen LogP contribution >= 0.6 is 0 Å². The first-order valence-corrected chi connectivity index (χ1v) is 20.6. The Hall–Kier alpha value is -1.53. The van der Waals surface area contributed by atoms with E-state index in [0.717, 1.165) is 63.4 Å². The zero-order valence-corrected chi connectivity index (χ0v) is 32.6. The molecule has 2 saturated heterocycles. The Morgan fingerprint density at radius 1 is 0.709 bits per heavy atom.